The number of hydrogen-bond donors (Lipinski definition) is 0. The molecular formula is C9H12N4S. The summed E-state index contributed by atoms with van der Waals surface area (Å²) in [5.41, 5.74) is 2.20. The Morgan fingerprint density at radius 1 is 1.43 bits per heavy atom. The Kier molecular flexibility index (Phi) is 2.33. The van der Waals surface area contributed by atoms with Crippen LogP contribution in [0.25, 0.3) is 11.4 Å². The molecule has 14 heavy (non-hydrogen) atoms. The van der Waals surface area contributed by atoms with Gasteiger partial charge in [-0.2, -0.15) is 4.37 Å². The summed E-state index contributed by atoms with van der Waals surface area (Å²) in [6, 6.07) is 0. The molecule has 0 atom stereocenters. The molecule has 0 saturated carbocycles. The van der Waals surface area contributed by atoms with Crippen molar-refractivity contribution in [1.29, 1.82) is 0 Å². The molecule has 0 unspecified atom stereocenters. The zero-order valence-corrected chi connectivity index (χ0v) is 9.25. The maximum atomic E-state index is 4.37. The van der Waals surface area contributed by atoms with Crippen molar-refractivity contribution < 1.29 is 0 Å². The second-order valence-electron chi connectivity index (χ2n) is 3.53. The van der Waals surface area contributed by atoms with Gasteiger partial charge in [-0.05, 0) is 17.5 Å². The van der Waals surface area contributed by atoms with Gasteiger partial charge in [-0.15, -0.1) is 10.2 Å². The number of hydrogen-bond acceptors (Lipinski definition) is 4. The number of nitrogens with zero attached hydrogens (tertiary/aromatic N) is 4. The topological polar surface area (TPSA) is 43.6 Å². The van der Waals surface area contributed by atoms with E-state index in [4.69, 9.17) is 0 Å². The van der Waals surface area contributed by atoms with E-state index >= 15 is 0 Å². The highest BCUT2D eigenvalue weighted by Gasteiger charge is 2.15. The third kappa shape index (κ3) is 1.43. The molecule has 2 aromatic heterocycles. The van der Waals surface area contributed by atoms with E-state index < -0.39 is 0 Å². The van der Waals surface area contributed by atoms with Crippen LogP contribution >= 0.6 is 11.5 Å². The SMILES string of the molecule is CC(C)c1nscc1-c1nncn1C. The summed E-state index contributed by atoms with van der Waals surface area (Å²) in [6.45, 7) is 4.27. The first-order valence-electron chi connectivity index (χ1n) is 4.48. The lowest BCUT2D eigenvalue weighted by Crippen LogP contribution is -1.95. The third-order valence-corrected chi connectivity index (χ3v) is 2.74. The minimum atomic E-state index is 0.424. The lowest BCUT2D eigenvalue weighted by molar-refractivity contribution is 0.835. The van der Waals surface area contributed by atoms with Crippen molar-refractivity contribution in [3.8, 4) is 11.4 Å². The standard InChI is InChI=1S/C9H12N4S/c1-6(2)8-7(4-14-12-8)9-11-10-5-13(9)3/h4-6H,1-3H3. The predicted molar refractivity (Wildman–Crippen MR) is 56.2 cm³/mol. The normalized spacial score (nSPS) is 11.1. The first-order valence-corrected chi connectivity index (χ1v) is 5.32. The van der Waals surface area contributed by atoms with Crippen molar-refractivity contribution in [2.45, 2.75) is 19.8 Å². The summed E-state index contributed by atoms with van der Waals surface area (Å²) < 4.78 is 6.29. The van der Waals surface area contributed by atoms with Crippen molar-refractivity contribution in [3.63, 3.8) is 0 Å². The molecule has 5 heteroatoms. The largest absolute Gasteiger partial charge is 0.317 e. The van der Waals surface area contributed by atoms with E-state index in [2.05, 4.69) is 28.4 Å². The maximum absolute atomic E-state index is 4.37. The molecule has 0 aliphatic rings. The van der Waals surface area contributed by atoms with Gasteiger partial charge in [-0.3, -0.25) is 0 Å². The van der Waals surface area contributed by atoms with Gasteiger partial charge in [0.05, 0.1) is 11.3 Å². The fourth-order valence-corrected chi connectivity index (χ4v) is 2.16. The van der Waals surface area contributed by atoms with Crippen LogP contribution in [0.4, 0.5) is 0 Å². The van der Waals surface area contributed by atoms with Gasteiger partial charge in [0, 0.05) is 12.4 Å². The fraction of sp³-hybridized carbons (Fsp3) is 0.444. The molecule has 0 saturated heterocycles. The van der Waals surface area contributed by atoms with Crippen LogP contribution in [0.5, 0.6) is 0 Å². The summed E-state index contributed by atoms with van der Waals surface area (Å²) in [7, 11) is 1.94. The molecule has 74 valence electrons. The average molecular weight is 208 g/mol. The minimum Gasteiger partial charge on any atom is -0.317 e. The highest BCUT2D eigenvalue weighted by molar-refractivity contribution is 7.04. The number of aromatic nitrogens is 4. The summed E-state index contributed by atoms with van der Waals surface area (Å²) in [4.78, 5) is 0. The highest BCUT2D eigenvalue weighted by Crippen LogP contribution is 2.27. The first-order chi connectivity index (χ1) is 6.70. The molecule has 0 aromatic carbocycles. The van der Waals surface area contributed by atoms with E-state index in [-0.39, 0.29) is 0 Å². The molecule has 0 aliphatic carbocycles. The van der Waals surface area contributed by atoms with Gasteiger partial charge < -0.3 is 4.57 Å². The monoisotopic (exact) mass is 208 g/mol. The van der Waals surface area contributed by atoms with E-state index in [0.717, 1.165) is 17.1 Å². The maximum Gasteiger partial charge on any atom is 0.166 e. The summed E-state index contributed by atoms with van der Waals surface area (Å²) in [6.07, 6.45) is 1.71. The molecule has 0 aliphatic heterocycles. The Morgan fingerprint density at radius 3 is 2.79 bits per heavy atom. The zero-order valence-electron chi connectivity index (χ0n) is 8.43. The second-order valence-corrected chi connectivity index (χ2v) is 4.16. The molecule has 0 N–H and O–H groups in total. The van der Waals surface area contributed by atoms with E-state index in [1.165, 1.54) is 11.5 Å². The van der Waals surface area contributed by atoms with Crippen LogP contribution in [-0.4, -0.2) is 19.1 Å². The van der Waals surface area contributed by atoms with Gasteiger partial charge in [0.1, 0.15) is 6.33 Å². The van der Waals surface area contributed by atoms with Crippen LogP contribution < -0.4 is 0 Å². The van der Waals surface area contributed by atoms with Crippen molar-refractivity contribution in [2.24, 2.45) is 7.05 Å². The van der Waals surface area contributed by atoms with Crippen LogP contribution in [0, 0.1) is 0 Å². The molecule has 2 aromatic rings. The number of aryl methyl sites for hydroxylation is 1. The molecule has 2 heterocycles. The van der Waals surface area contributed by atoms with Crippen LogP contribution in [0.3, 0.4) is 0 Å². The number of rotatable bonds is 2. The van der Waals surface area contributed by atoms with E-state index in [9.17, 15) is 0 Å². The van der Waals surface area contributed by atoms with Crippen molar-refractivity contribution in [2.75, 3.05) is 0 Å². The Hall–Kier alpha value is -1.23. The summed E-state index contributed by atoms with van der Waals surface area (Å²) in [5.74, 6) is 1.32. The van der Waals surface area contributed by atoms with Gasteiger partial charge in [0.25, 0.3) is 0 Å². The molecule has 0 amide bonds. The first kappa shape index (κ1) is 9.33. The minimum absolute atomic E-state index is 0.424. The second kappa shape index (κ2) is 3.49. The van der Waals surface area contributed by atoms with E-state index in [0.29, 0.717) is 5.92 Å². The van der Waals surface area contributed by atoms with Gasteiger partial charge in [-0.1, -0.05) is 13.8 Å². The van der Waals surface area contributed by atoms with E-state index in [1.807, 2.05) is 17.0 Å². The van der Waals surface area contributed by atoms with Crippen LogP contribution in [0.15, 0.2) is 11.7 Å². The van der Waals surface area contributed by atoms with Gasteiger partial charge in [0.15, 0.2) is 5.82 Å². The molecule has 0 spiro atoms. The lowest BCUT2D eigenvalue weighted by Gasteiger charge is -2.03. The average Bonchev–Trinajstić information content (AvgIpc) is 2.70. The molecule has 0 bridgehead atoms. The van der Waals surface area contributed by atoms with Gasteiger partial charge >= 0.3 is 0 Å². The molecule has 4 nitrogen and oxygen atoms in total. The zero-order chi connectivity index (χ0) is 10.1. The van der Waals surface area contributed by atoms with Crippen LogP contribution in [0.2, 0.25) is 0 Å². The Balaban J connectivity index is 2.52. The predicted octanol–water partition coefficient (Wildman–Crippen LogP) is 2.06. The van der Waals surface area contributed by atoms with Crippen LogP contribution in [-0.2, 0) is 7.05 Å². The smallest absolute Gasteiger partial charge is 0.166 e. The highest BCUT2D eigenvalue weighted by atomic mass is 32.1. The third-order valence-electron chi connectivity index (χ3n) is 2.10. The molecule has 0 radical (unpaired) electrons. The lowest BCUT2D eigenvalue weighted by atomic mass is 10.1. The molecular weight excluding hydrogens is 196 g/mol. The fourth-order valence-electron chi connectivity index (χ4n) is 1.36. The Morgan fingerprint density at radius 2 is 2.21 bits per heavy atom. The van der Waals surface area contributed by atoms with Gasteiger partial charge in [-0.25, -0.2) is 0 Å². The summed E-state index contributed by atoms with van der Waals surface area (Å²) in [5, 5.41) is 9.98. The molecule has 2 rings (SSSR count). The Labute approximate surface area is 86.8 Å². The quantitative estimate of drug-likeness (QED) is 0.758. The van der Waals surface area contributed by atoms with Crippen molar-refractivity contribution >= 4 is 11.5 Å². The molecule has 0 fully saturated rings. The van der Waals surface area contributed by atoms with Crippen LogP contribution in [0.1, 0.15) is 25.5 Å². The Bertz CT molecular complexity index is 429. The van der Waals surface area contributed by atoms with Crippen molar-refractivity contribution in [3.05, 3.63) is 17.4 Å². The van der Waals surface area contributed by atoms with Crippen molar-refractivity contribution in [1.82, 2.24) is 19.1 Å². The van der Waals surface area contributed by atoms with Gasteiger partial charge in [0.2, 0.25) is 0 Å². The summed E-state index contributed by atoms with van der Waals surface area (Å²) >= 11 is 1.47. The van der Waals surface area contributed by atoms with E-state index in [1.54, 1.807) is 6.33 Å².